The first kappa shape index (κ1) is 15.7. The van der Waals surface area contributed by atoms with Gasteiger partial charge < -0.3 is 15.2 Å². The van der Waals surface area contributed by atoms with Gasteiger partial charge in [0.25, 0.3) is 0 Å². The molecule has 0 spiro atoms. The quantitative estimate of drug-likeness (QED) is 0.343. The number of hydrogen-bond acceptors (Lipinski definition) is 5. The molecule has 1 aromatic carbocycles. The third-order valence-corrected chi connectivity index (χ3v) is 2.38. The zero-order chi connectivity index (χ0) is 14.8. The predicted molar refractivity (Wildman–Crippen MR) is 80.9 cm³/mol. The summed E-state index contributed by atoms with van der Waals surface area (Å²) in [4.78, 5) is 0. The van der Waals surface area contributed by atoms with Crippen molar-refractivity contribution in [2.75, 3.05) is 13.7 Å². The molecule has 0 aromatic heterocycles. The lowest BCUT2D eigenvalue weighted by molar-refractivity contribution is 0.290. The second-order valence-corrected chi connectivity index (χ2v) is 4.16. The third-order valence-electron chi connectivity index (χ3n) is 2.29. The van der Waals surface area contributed by atoms with Crippen LogP contribution in [0.25, 0.3) is 0 Å². The fourth-order valence-corrected chi connectivity index (χ4v) is 1.49. The van der Waals surface area contributed by atoms with Gasteiger partial charge in [-0.1, -0.05) is 6.07 Å². The van der Waals surface area contributed by atoms with Gasteiger partial charge in [-0.05, 0) is 30.8 Å². The van der Waals surface area contributed by atoms with Crippen LogP contribution in [0.1, 0.15) is 18.4 Å². The minimum Gasteiger partial charge on any atom is -0.493 e. The zero-order valence-corrected chi connectivity index (χ0v) is 11.9. The van der Waals surface area contributed by atoms with E-state index in [0.717, 1.165) is 5.56 Å². The van der Waals surface area contributed by atoms with Crippen molar-refractivity contribution in [1.29, 1.82) is 5.26 Å². The van der Waals surface area contributed by atoms with Gasteiger partial charge in [0.15, 0.2) is 16.6 Å². The zero-order valence-electron chi connectivity index (χ0n) is 11.1. The summed E-state index contributed by atoms with van der Waals surface area (Å²) in [5, 5.41) is 12.5. The summed E-state index contributed by atoms with van der Waals surface area (Å²) in [6.07, 6.45) is 2.64. The van der Waals surface area contributed by atoms with Gasteiger partial charge in [-0.15, -0.1) is 0 Å². The molecule has 1 rings (SSSR count). The molecule has 0 saturated carbocycles. The lowest BCUT2D eigenvalue weighted by atomic mass is 10.2. The molecule has 0 fully saturated rings. The van der Waals surface area contributed by atoms with Gasteiger partial charge >= 0.3 is 0 Å². The molecular weight excluding hydrogens is 276 g/mol. The van der Waals surface area contributed by atoms with E-state index in [0.29, 0.717) is 30.9 Å². The van der Waals surface area contributed by atoms with Crippen LogP contribution in [0, 0.1) is 11.3 Å². The molecule has 0 atom stereocenters. The number of para-hydroxylation sites is 1. The minimum absolute atomic E-state index is 0.0839. The van der Waals surface area contributed by atoms with Crippen LogP contribution in [0.3, 0.4) is 0 Å². The largest absolute Gasteiger partial charge is 0.493 e. The van der Waals surface area contributed by atoms with Gasteiger partial charge in [0.05, 0.1) is 26.0 Å². The maximum Gasteiger partial charge on any atom is 0.184 e. The molecule has 0 heterocycles. The molecule has 0 amide bonds. The maximum atomic E-state index is 8.50. The molecule has 0 aliphatic heterocycles. The summed E-state index contributed by atoms with van der Waals surface area (Å²) in [6.45, 7) is 0.428. The molecule has 0 radical (unpaired) electrons. The summed E-state index contributed by atoms with van der Waals surface area (Å²) in [7, 11) is 1.56. The van der Waals surface area contributed by atoms with Gasteiger partial charge in [-0.2, -0.15) is 10.4 Å². The lowest BCUT2D eigenvalue weighted by Gasteiger charge is -2.12. The second kappa shape index (κ2) is 8.72. The second-order valence-electron chi connectivity index (χ2n) is 3.72. The Balaban J connectivity index is 2.84. The third kappa shape index (κ3) is 5.12. The molecule has 1 aromatic rings. The number of nitrogens with one attached hydrogen (secondary N) is 1. The van der Waals surface area contributed by atoms with Gasteiger partial charge in [0.1, 0.15) is 0 Å². The summed E-state index contributed by atoms with van der Waals surface area (Å²) in [5.41, 5.74) is 8.49. The molecule has 0 aliphatic carbocycles. The molecule has 0 unspecified atom stereocenters. The average molecular weight is 292 g/mol. The average Bonchev–Trinajstić information content (AvgIpc) is 2.44. The van der Waals surface area contributed by atoms with Crippen LogP contribution in [0.15, 0.2) is 23.3 Å². The fraction of sp³-hybridized carbons (Fsp3) is 0.308. The van der Waals surface area contributed by atoms with Crippen LogP contribution in [-0.4, -0.2) is 25.0 Å². The first-order valence-corrected chi connectivity index (χ1v) is 6.35. The van der Waals surface area contributed by atoms with Crippen LogP contribution in [-0.2, 0) is 0 Å². The van der Waals surface area contributed by atoms with Crippen LogP contribution in [0.4, 0.5) is 0 Å². The van der Waals surface area contributed by atoms with Crippen molar-refractivity contribution in [1.82, 2.24) is 5.43 Å². The summed E-state index contributed by atoms with van der Waals surface area (Å²) < 4.78 is 10.9. The number of benzene rings is 1. The van der Waals surface area contributed by atoms with Gasteiger partial charge in [-0.25, -0.2) is 0 Å². The summed E-state index contributed by atoms with van der Waals surface area (Å²) >= 11 is 4.66. The standard InChI is InChI=1S/C13H16N4O2S/c1-18-11-6-4-5-10(9-16-17-13(15)20)12(11)19-8-3-2-7-14/h4-6,9H,2-3,8H2,1H3,(H3,15,17,20). The van der Waals surface area contributed by atoms with E-state index in [1.54, 1.807) is 19.4 Å². The van der Waals surface area contributed by atoms with Crippen molar-refractivity contribution in [2.24, 2.45) is 10.8 Å². The molecule has 0 aliphatic rings. The number of rotatable bonds is 7. The van der Waals surface area contributed by atoms with Gasteiger partial charge in [-0.3, -0.25) is 5.43 Å². The van der Waals surface area contributed by atoms with E-state index in [9.17, 15) is 0 Å². The van der Waals surface area contributed by atoms with Crippen molar-refractivity contribution < 1.29 is 9.47 Å². The Morgan fingerprint density at radius 1 is 1.60 bits per heavy atom. The maximum absolute atomic E-state index is 8.50. The summed E-state index contributed by atoms with van der Waals surface area (Å²) in [5.74, 6) is 1.17. The highest BCUT2D eigenvalue weighted by Crippen LogP contribution is 2.30. The molecule has 7 heteroatoms. The van der Waals surface area contributed by atoms with Crippen LogP contribution in [0.2, 0.25) is 0 Å². The van der Waals surface area contributed by atoms with E-state index < -0.39 is 0 Å². The number of hydrogen-bond donors (Lipinski definition) is 2. The van der Waals surface area contributed by atoms with E-state index in [1.807, 2.05) is 12.1 Å². The Morgan fingerprint density at radius 2 is 2.40 bits per heavy atom. The van der Waals surface area contributed by atoms with Crippen LogP contribution < -0.4 is 20.6 Å². The first-order valence-electron chi connectivity index (χ1n) is 5.94. The molecule has 20 heavy (non-hydrogen) atoms. The Hall–Kier alpha value is -2.33. The van der Waals surface area contributed by atoms with Crippen LogP contribution >= 0.6 is 12.2 Å². The van der Waals surface area contributed by atoms with E-state index in [-0.39, 0.29) is 5.11 Å². The van der Waals surface area contributed by atoms with E-state index in [2.05, 4.69) is 28.8 Å². The van der Waals surface area contributed by atoms with Crippen molar-refractivity contribution in [2.45, 2.75) is 12.8 Å². The first-order chi connectivity index (χ1) is 9.69. The molecule has 6 nitrogen and oxygen atoms in total. The predicted octanol–water partition coefficient (Wildman–Crippen LogP) is 1.54. The lowest BCUT2D eigenvalue weighted by Crippen LogP contribution is -2.24. The highest BCUT2D eigenvalue weighted by molar-refractivity contribution is 7.80. The van der Waals surface area contributed by atoms with Crippen molar-refractivity contribution in [3.05, 3.63) is 23.8 Å². The number of nitrogens with zero attached hydrogens (tertiary/aromatic N) is 2. The topological polar surface area (TPSA) is 92.7 Å². The molecular formula is C13H16N4O2S. The number of nitrogens with two attached hydrogens (primary N) is 1. The molecule has 3 N–H and O–H groups in total. The number of unbranched alkanes of at least 4 members (excludes halogenated alkanes) is 1. The minimum atomic E-state index is 0.0839. The van der Waals surface area contributed by atoms with E-state index >= 15 is 0 Å². The van der Waals surface area contributed by atoms with Gasteiger partial charge in [0.2, 0.25) is 0 Å². The molecule has 0 saturated heterocycles. The normalized spacial score (nSPS) is 10.0. The van der Waals surface area contributed by atoms with Crippen molar-refractivity contribution in [3.8, 4) is 17.6 Å². The molecule has 0 bridgehead atoms. The van der Waals surface area contributed by atoms with Crippen LogP contribution in [0.5, 0.6) is 11.5 Å². The Morgan fingerprint density at radius 3 is 3.05 bits per heavy atom. The van der Waals surface area contributed by atoms with Crippen molar-refractivity contribution >= 4 is 23.5 Å². The Kier molecular flexibility index (Phi) is 6.85. The number of thiocarbonyl (C=S) groups is 1. The molecule has 106 valence electrons. The SMILES string of the molecule is COc1cccc(C=NNC(N)=S)c1OCCCC#N. The Bertz CT molecular complexity index is 526. The number of nitriles is 1. The van der Waals surface area contributed by atoms with E-state index in [1.165, 1.54) is 0 Å². The smallest absolute Gasteiger partial charge is 0.184 e. The van der Waals surface area contributed by atoms with Gasteiger partial charge in [0, 0.05) is 12.0 Å². The highest BCUT2D eigenvalue weighted by Gasteiger charge is 2.09. The monoisotopic (exact) mass is 292 g/mol. The number of hydrazone groups is 1. The fourth-order valence-electron chi connectivity index (χ4n) is 1.44. The van der Waals surface area contributed by atoms with Crippen molar-refractivity contribution in [3.63, 3.8) is 0 Å². The highest BCUT2D eigenvalue weighted by atomic mass is 32.1. The Labute approximate surface area is 123 Å². The summed E-state index contributed by atoms with van der Waals surface area (Å²) in [6, 6.07) is 7.51. The number of methoxy groups -OCH3 is 1. The number of ether oxygens (including phenoxy) is 2. The van der Waals surface area contributed by atoms with E-state index in [4.69, 9.17) is 20.5 Å².